The first-order chi connectivity index (χ1) is 7.15. The fraction of sp³-hybridized carbons (Fsp3) is 0.111. The Morgan fingerprint density at radius 3 is 2.47 bits per heavy atom. The summed E-state index contributed by atoms with van der Waals surface area (Å²) < 4.78 is 1.40. The summed E-state index contributed by atoms with van der Waals surface area (Å²) in [6, 6.07) is 7.63. The minimum Gasteiger partial charge on any atom is -0.178 e. The molecule has 0 amide bonds. The molecule has 15 heavy (non-hydrogen) atoms. The summed E-state index contributed by atoms with van der Waals surface area (Å²) in [6.07, 6.45) is 0. The molecule has 1 aromatic heterocycles. The summed E-state index contributed by atoms with van der Waals surface area (Å²) >= 11 is 12.4. The lowest BCUT2D eigenvalue weighted by Gasteiger charge is -2.00. The molecule has 0 bridgehead atoms. The molecule has 0 fully saturated rings. The van der Waals surface area contributed by atoms with Crippen LogP contribution in [0, 0.1) is 0 Å². The van der Waals surface area contributed by atoms with Gasteiger partial charge in [0.2, 0.25) is 0 Å². The van der Waals surface area contributed by atoms with E-state index in [-0.39, 0.29) is 0 Å². The first-order valence-electron chi connectivity index (χ1n) is 4.16. The van der Waals surface area contributed by atoms with E-state index in [1.807, 2.05) is 24.3 Å². The van der Waals surface area contributed by atoms with E-state index < -0.39 is 0 Å². The molecule has 0 unspecified atom stereocenters. The lowest BCUT2D eigenvalue weighted by atomic mass is 10.2. The molecule has 0 radical (unpaired) electrons. The molecular weight excluding hydrogens is 345 g/mol. The van der Waals surface area contributed by atoms with Crippen LogP contribution in [0.4, 0.5) is 0 Å². The van der Waals surface area contributed by atoms with Crippen molar-refractivity contribution in [3.8, 4) is 0 Å². The fourth-order valence-electron chi connectivity index (χ4n) is 1.18. The van der Waals surface area contributed by atoms with E-state index in [1.54, 1.807) is 4.80 Å². The van der Waals surface area contributed by atoms with Crippen LogP contribution >= 0.6 is 43.5 Å². The van der Waals surface area contributed by atoms with Crippen molar-refractivity contribution < 1.29 is 0 Å². The average molecular weight is 351 g/mol. The van der Waals surface area contributed by atoms with E-state index in [0.29, 0.717) is 15.8 Å². The lowest BCUT2D eigenvalue weighted by Crippen LogP contribution is -2.03. The van der Waals surface area contributed by atoms with Crippen LogP contribution in [0.15, 0.2) is 33.5 Å². The monoisotopic (exact) mass is 349 g/mol. The second-order valence-corrected chi connectivity index (χ2v) is 4.88. The molecule has 0 atom stereocenters. The van der Waals surface area contributed by atoms with E-state index in [9.17, 15) is 0 Å². The Balaban J connectivity index is 2.22. The van der Waals surface area contributed by atoms with Gasteiger partial charge < -0.3 is 0 Å². The van der Waals surface area contributed by atoms with Crippen LogP contribution in [0.25, 0.3) is 0 Å². The molecule has 0 spiro atoms. The second-order valence-electron chi connectivity index (χ2n) is 2.94. The van der Waals surface area contributed by atoms with Crippen LogP contribution in [0.2, 0.25) is 5.02 Å². The van der Waals surface area contributed by atoms with Gasteiger partial charge in [0.1, 0.15) is 0 Å². The molecular formula is C9H6Br2ClN3. The predicted molar refractivity (Wildman–Crippen MR) is 66.0 cm³/mol. The van der Waals surface area contributed by atoms with Crippen molar-refractivity contribution in [3.63, 3.8) is 0 Å². The minimum absolute atomic E-state index is 0.602. The average Bonchev–Trinajstić information content (AvgIpc) is 2.45. The summed E-state index contributed by atoms with van der Waals surface area (Å²) in [5.41, 5.74) is 1.07. The van der Waals surface area contributed by atoms with Gasteiger partial charge in [-0.3, -0.25) is 0 Å². The molecule has 1 aromatic carbocycles. The number of hydrogen-bond donors (Lipinski definition) is 0. The topological polar surface area (TPSA) is 30.7 Å². The molecule has 3 nitrogen and oxygen atoms in total. The number of hydrogen-bond acceptors (Lipinski definition) is 2. The molecule has 0 N–H and O–H groups in total. The highest BCUT2D eigenvalue weighted by molar-refractivity contribution is 9.13. The predicted octanol–water partition coefficient (Wildman–Crippen LogP) is 3.50. The Kier molecular flexibility index (Phi) is 3.43. The number of halogens is 3. The third-order valence-electron chi connectivity index (χ3n) is 1.79. The highest BCUT2D eigenvalue weighted by Crippen LogP contribution is 2.18. The van der Waals surface area contributed by atoms with Gasteiger partial charge in [0.05, 0.1) is 6.54 Å². The van der Waals surface area contributed by atoms with Gasteiger partial charge in [-0.1, -0.05) is 23.7 Å². The molecule has 0 aliphatic rings. The zero-order valence-electron chi connectivity index (χ0n) is 7.49. The summed E-state index contributed by atoms with van der Waals surface area (Å²) in [5, 5.41) is 9.06. The Labute approximate surface area is 109 Å². The zero-order chi connectivity index (χ0) is 10.8. The van der Waals surface area contributed by atoms with Crippen molar-refractivity contribution in [2.24, 2.45) is 0 Å². The third kappa shape index (κ3) is 2.80. The van der Waals surface area contributed by atoms with Crippen LogP contribution in [0.1, 0.15) is 5.56 Å². The van der Waals surface area contributed by atoms with Crippen LogP contribution in [-0.4, -0.2) is 15.0 Å². The van der Waals surface area contributed by atoms with Crippen LogP contribution in [-0.2, 0) is 6.54 Å². The Morgan fingerprint density at radius 2 is 1.87 bits per heavy atom. The molecule has 2 aromatic rings. The maximum Gasteiger partial charge on any atom is 0.162 e. The lowest BCUT2D eigenvalue weighted by molar-refractivity contribution is 0.586. The van der Waals surface area contributed by atoms with Crippen LogP contribution in [0.3, 0.4) is 0 Å². The first kappa shape index (κ1) is 11.1. The van der Waals surface area contributed by atoms with Crippen molar-refractivity contribution in [1.29, 1.82) is 0 Å². The summed E-state index contributed by atoms with van der Waals surface area (Å²) in [4.78, 5) is 1.60. The molecule has 0 aliphatic heterocycles. The highest BCUT2D eigenvalue weighted by Gasteiger charge is 2.05. The zero-order valence-corrected chi connectivity index (χ0v) is 11.4. The summed E-state index contributed by atoms with van der Waals surface area (Å²) in [7, 11) is 0. The van der Waals surface area contributed by atoms with Crippen molar-refractivity contribution in [2.75, 3.05) is 0 Å². The SMILES string of the molecule is Clc1cccc(Cn2nc(Br)c(Br)n2)c1. The number of nitrogens with zero attached hydrogens (tertiary/aromatic N) is 3. The van der Waals surface area contributed by atoms with Gasteiger partial charge in [-0.05, 0) is 49.6 Å². The maximum atomic E-state index is 5.88. The van der Waals surface area contributed by atoms with Crippen molar-refractivity contribution in [3.05, 3.63) is 44.1 Å². The Bertz CT molecular complexity index is 464. The third-order valence-corrected chi connectivity index (χ3v) is 3.63. The van der Waals surface area contributed by atoms with Gasteiger partial charge in [0.25, 0.3) is 0 Å². The van der Waals surface area contributed by atoms with Gasteiger partial charge >= 0.3 is 0 Å². The molecule has 78 valence electrons. The quantitative estimate of drug-likeness (QED) is 0.829. The molecule has 0 aliphatic carbocycles. The van der Waals surface area contributed by atoms with Gasteiger partial charge in [-0.25, -0.2) is 0 Å². The molecule has 1 heterocycles. The standard InChI is InChI=1S/C9H6Br2ClN3/c10-8-9(11)14-15(13-8)5-6-2-1-3-7(12)4-6/h1-4H,5H2. The van der Waals surface area contributed by atoms with Gasteiger partial charge in [-0.15, -0.1) is 10.2 Å². The first-order valence-corrected chi connectivity index (χ1v) is 6.12. The van der Waals surface area contributed by atoms with Gasteiger partial charge in [0.15, 0.2) is 9.21 Å². The molecule has 0 saturated heterocycles. The Morgan fingerprint density at radius 1 is 1.20 bits per heavy atom. The van der Waals surface area contributed by atoms with E-state index in [4.69, 9.17) is 11.6 Å². The minimum atomic E-state index is 0.602. The van der Waals surface area contributed by atoms with E-state index in [0.717, 1.165) is 10.6 Å². The summed E-state index contributed by atoms with van der Waals surface area (Å²) in [5.74, 6) is 0. The Hall–Kier alpha value is -0.390. The normalized spacial score (nSPS) is 10.6. The van der Waals surface area contributed by atoms with Crippen LogP contribution in [0.5, 0.6) is 0 Å². The largest absolute Gasteiger partial charge is 0.178 e. The molecule has 0 saturated carbocycles. The number of aromatic nitrogens is 3. The smallest absolute Gasteiger partial charge is 0.162 e. The molecule has 6 heteroatoms. The maximum absolute atomic E-state index is 5.88. The van der Waals surface area contributed by atoms with E-state index in [1.165, 1.54) is 0 Å². The van der Waals surface area contributed by atoms with Gasteiger partial charge in [-0.2, -0.15) is 4.80 Å². The molecule has 2 rings (SSSR count). The summed E-state index contributed by atoms with van der Waals surface area (Å²) in [6.45, 7) is 0.602. The number of benzene rings is 1. The van der Waals surface area contributed by atoms with E-state index in [2.05, 4.69) is 42.1 Å². The van der Waals surface area contributed by atoms with Crippen LogP contribution < -0.4 is 0 Å². The fourth-order valence-corrected chi connectivity index (χ4v) is 1.91. The van der Waals surface area contributed by atoms with Crippen molar-refractivity contribution in [1.82, 2.24) is 15.0 Å². The van der Waals surface area contributed by atoms with E-state index >= 15 is 0 Å². The number of rotatable bonds is 2. The highest BCUT2D eigenvalue weighted by atomic mass is 79.9. The van der Waals surface area contributed by atoms with Gasteiger partial charge in [0, 0.05) is 5.02 Å². The van der Waals surface area contributed by atoms with Crippen molar-refractivity contribution >= 4 is 43.5 Å². The van der Waals surface area contributed by atoms with Crippen molar-refractivity contribution in [2.45, 2.75) is 6.54 Å². The second kappa shape index (κ2) is 4.63.